The van der Waals surface area contributed by atoms with Crippen LogP contribution in [0.4, 0.5) is 5.00 Å². The zero-order valence-corrected chi connectivity index (χ0v) is 15.0. The van der Waals surface area contributed by atoms with E-state index in [4.69, 9.17) is 17.3 Å². The molecule has 0 aliphatic heterocycles. The normalized spacial score (nSPS) is 16.9. The van der Waals surface area contributed by atoms with Crippen LogP contribution in [0.25, 0.3) is 0 Å². The number of thiophene rings is 2. The molecule has 2 amide bonds. The molecule has 0 bridgehead atoms. The van der Waals surface area contributed by atoms with Crippen LogP contribution in [0.3, 0.4) is 0 Å². The minimum Gasteiger partial charge on any atom is -0.365 e. The molecule has 0 spiro atoms. The van der Waals surface area contributed by atoms with Crippen LogP contribution in [-0.2, 0) is 24.1 Å². The molecule has 1 aliphatic rings. The van der Waals surface area contributed by atoms with Crippen molar-refractivity contribution in [3.8, 4) is 0 Å². The zero-order chi connectivity index (χ0) is 16.6. The molecule has 23 heavy (non-hydrogen) atoms. The molecule has 0 aromatic carbocycles. The summed E-state index contributed by atoms with van der Waals surface area (Å²) >= 11 is 8.74. The third-order valence-electron chi connectivity index (χ3n) is 3.97. The van der Waals surface area contributed by atoms with Gasteiger partial charge >= 0.3 is 0 Å². The minimum atomic E-state index is -0.466. The summed E-state index contributed by atoms with van der Waals surface area (Å²) < 4.78 is 0.659. The summed E-state index contributed by atoms with van der Waals surface area (Å²) in [7, 11) is 0. The van der Waals surface area contributed by atoms with Gasteiger partial charge < -0.3 is 11.1 Å². The molecule has 7 heteroatoms. The van der Waals surface area contributed by atoms with E-state index in [1.807, 2.05) is 6.07 Å². The Kier molecular flexibility index (Phi) is 4.75. The number of anilines is 1. The van der Waals surface area contributed by atoms with E-state index in [0.717, 1.165) is 29.7 Å². The second-order valence-electron chi connectivity index (χ2n) is 5.85. The molecule has 0 fully saturated rings. The van der Waals surface area contributed by atoms with Crippen molar-refractivity contribution in [2.75, 3.05) is 5.32 Å². The van der Waals surface area contributed by atoms with Gasteiger partial charge in [-0.15, -0.1) is 22.7 Å². The predicted octanol–water partition coefficient (Wildman–Crippen LogP) is 3.87. The highest BCUT2D eigenvalue weighted by atomic mass is 35.5. The first kappa shape index (κ1) is 16.5. The van der Waals surface area contributed by atoms with Gasteiger partial charge in [0.15, 0.2) is 0 Å². The van der Waals surface area contributed by atoms with E-state index in [1.54, 1.807) is 6.07 Å². The van der Waals surface area contributed by atoms with Crippen LogP contribution in [0.2, 0.25) is 4.34 Å². The van der Waals surface area contributed by atoms with Crippen LogP contribution in [0.5, 0.6) is 0 Å². The topological polar surface area (TPSA) is 72.2 Å². The monoisotopic (exact) mass is 368 g/mol. The number of primary amides is 1. The van der Waals surface area contributed by atoms with Crippen LogP contribution in [0.15, 0.2) is 12.1 Å². The molecule has 1 aliphatic carbocycles. The lowest BCUT2D eigenvalue weighted by Crippen LogP contribution is -2.20. The molecular weight excluding hydrogens is 352 g/mol. The van der Waals surface area contributed by atoms with Gasteiger partial charge in [-0.2, -0.15) is 0 Å². The number of halogens is 1. The molecule has 2 aromatic heterocycles. The fraction of sp³-hybridized carbons (Fsp3) is 0.375. The second kappa shape index (κ2) is 6.63. The van der Waals surface area contributed by atoms with Crippen LogP contribution >= 0.6 is 34.3 Å². The van der Waals surface area contributed by atoms with Crippen LogP contribution in [0, 0.1) is 5.92 Å². The lowest BCUT2D eigenvalue weighted by Gasteiger charge is -2.18. The van der Waals surface area contributed by atoms with Crippen molar-refractivity contribution in [1.29, 1.82) is 0 Å². The van der Waals surface area contributed by atoms with Crippen molar-refractivity contribution in [2.24, 2.45) is 11.7 Å². The van der Waals surface area contributed by atoms with Crippen molar-refractivity contribution >= 4 is 51.1 Å². The third-order valence-corrected chi connectivity index (χ3v) is 6.38. The summed E-state index contributed by atoms with van der Waals surface area (Å²) in [6, 6.07) is 3.61. The molecule has 2 aromatic rings. The number of fused-ring (bicyclic) bond motifs is 1. The maximum atomic E-state index is 12.3. The maximum Gasteiger partial charge on any atom is 0.251 e. The Morgan fingerprint density at radius 3 is 2.83 bits per heavy atom. The Hall–Kier alpha value is -1.37. The number of carbonyl (C=O) groups is 2. The van der Waals surface area contributed by atoms with Gasteiger partial charge in [-0.1, -0.05) is 18.5 Å². The molecule has 1 unspecified atom stereocenters. The summed E-state index contributed by atoms with van der Waals surface area (Å²) in [5, 5.41) is 3.45. The summed E-state index contributed by atoms with van der Waals surface area (Å²) in [5.41, 5.74) is 7.07. The fourth-order valence-electron chi connectivity index (χ4n) is 2.88. The molecule has 122 valence electrons. The van der Waals surface area contributed by atoms with Gasteiger partial charge in [0.05, 0.1) is 16.3 Å². The van der Waals surface area contributed by atoms with Crippen molar-refractivity contribution in [3.05, 3.63) is 37.4 Å². The first-order valence-electron chi connectivity index (χ1n) is 7.42. The smallest absolute Gasteiger partial charge is 0.251 e. The summed E-state index contributed by atoms with van der Waals surface area (Å²) in [5.74, 6) is -0.0251. The molecule has 4 nitrogen and oxygen atoms in total. The Morgan fingerprint density at radius 2 is 2.17 bits per heavy atom. The van der Waals surface area contributed by atoms with Crippen LogP contribution < -0.4 is 11.1 Å². The van der Waals surface area contributed by atoms with Crippen molar-refractivity contribution in [1.82, 2.24) is 0 Å². The lowest BCUT2D eigenvalue weighted by atomic mass is 9.88. The number of amides is 2. The van der Waals surface area contributed by atoms with E-state index >= 15 is 0 Å². The number of rotatable bonds is 4. The van der Waals surface area contributed by atoms with Crippen LogP contribution in [0.1, 0.15) is 39.0 Å². The highest BCUT2D eigenvalue weighted by Crippen LogP contribution is 2.39. The number of carbonyl (C=O) groups excluding carboxylic acids is 2. The highest BCUT2D eigenvalue weighted by molar-refractivity contribution is 7.17. The Balaban J connectivity index is 1.82. The van der Waals surface area contributed by atoms with Gasteiger partial charge in [0.25, 0.3) is 5.91 Å². The third kappa shape index (κ3) is 3.59. The zero-order valence-electron chi connectivity index (χ0n) is 12.6. The summed E-state index contributed by atoms with van der Waals surface area (Å²) in [6.07, 6.45) is 3.08. The van der Waals surface area contributed by atoms with Gasteiger partial charge in [0, 0.05) is 9.75 Å². The fourth-order valence-corrected chi connectivity index (χ4v) is 5.39. The van der Waals surface area contributed by atoms with E-state index in [2.05, 4.69) is 12.2 Å². The molecule has 3 rings (SSSR count). The largest absolute Gasteiger partial charge is 0.365 e. The average Bonchev–Trinajstić information content (AvgIpc) is 3.01. The molecule has 0 saturated carbocycles. The quantitative estimate of drug-likeness (QED) is 0.859. The van der Waals surface area contributed by atoms with Gasteiger partial charge in [0.2, 0.25) is 5.91 Å². The first-order valence-corrected chi connectivity index (χ1v) is 9.43. The van der Waals surface area contributed by atoms with Gasteiger partial charge in [-0.3, -0.25) is 9.59 Å². The summed E-state index contributed by atoms with van der Waals surface area (Å²) in [4.78, 5) is 26.2. The Labute approximate surface area is 147 Å². The number of nitrogens with two attached hydrogens (primary N) is 1. The van der Waals surface area contributed by atoms with E-state index < -0.39 is 5.91 Å². The van der Waals surface area contributed by atoms with Gasteiger partial charge in [-0.05, 0) is 42.9 Å². The maximum absolute atomic E-state index is 12.3. The molecule has 1 atom stereocenters. The lowest BCUT2D eigenvalue weighted by molar-refractivity contribution is -0.115. The van der Waals surface area contributed by atoms with Crippen molar-refractivity contribution < 1.29 is 9.59 Å². The highest BCUT2D eigenvalue weighted by Gasteiger charge is 2.27. The number of hydrogen-bond donors (Lipinski definition) is 2. The first-order chi connectivity index (χ1) is 10.9. The molecule has 2 heterocycles. The van der Waals surface area contributed by atoms with Crippen LogP contribution in [-0.4, -0.2) is 11.8 Å². The SMILES string of the molecule is CC1CCc2c(sc(NC(=O)Cc3ccc(Cl)s3)c2C(N)=O)C1. The van der Waals surface area contributed by atoms with E-state index in [9.17, 15) is 9.59 Å². The number of hydrogen-bond acceptors (Lipinski definition) is 4. The van der Waals surface area contributed by atoms with Crippen molar-refractivity contribution in [3.63, 3.8) is 0 Å². The van der Waals surface area contributed by atoms with Gasteiger partial charge in [-0.25, -0.2) is 0 Å². The van der Waals surface area contributed by atoms with E-state index in [1.165, 1.54) is 27.6 Å². The van der Waals surface area contributed by atoms with Crippen molar-refractivity contribution in [2.45, 2.75) is 32.6 Å². The molecule has 0 radical (unpaired) electrons. The minimum absolute atomic E-state index is 0.155. The Morgan fingerprint density at radius 1 is 1.39 bits per heavy atom. The van der Waals surface area contributed by atoms with Gasteiger partial charge in [0.1, 0.15) is 5.00 Å². The average molecular weight is 369 g/mol. The molecular formula is C16H17ClN2O2S2. The summed E-state index contributed by atoms with van der Waals surface area (Å²) in [6.45, 7) is 2.20. The molecule has 0 saturated heterocycles. The second-order valence-corrected chi connectivity index (χ2v) is 8.76. The van der Waals surface area contributed by atoms with E-state index in [0.29, 0.717) is 20.8 Å². The molecule has 3 N–H and O–H groups in total. The standard InChI is InChI=1S/C16H17ClN2O2S2/c1-8-2-4-10-11(6-8)23-16(14(10)15(18)21)19-13(20)7-9-3-5-12(17)22-9/h3,5,8H,2,4,6-7H2,1H3,(H2,18,21)(H,19,20). The predicted molar refractivity (Wildman–Crippen MR) is 95.7 cm³/mol. The Bertz CT molecular complexity index is 766. The van der Waals surface area contributed by atoms with E-state index in [-0.39, 0.29) is 12.3 Å². The number of nitrogens with one attached hydrogen (secondary N) is 1.